The number of hydrogen-bond acceptors (Lipinski definition) is 2. The zero-order chi connectivity index (χ0) is 14.3. The molecule has 0 bridgehead atoms. The summed E-state index contributed by atoms with van der Waals surface area (Å²) in [4.78, 5) is 0. The summed E-state index contributed by atoms with van der Waals surface area (Å²) in [5.41, 5.74) is 1.14. The zero-order valence-corrected chi connectivity index (χ0v) is 12.4. The number of methoxy groups -OCH3 is 1. The minimum absolute atomic E-state index is 0.164. The van der Waals surface area contributed by atoms with Crippen LogP contribution in [0.1, 0.15) is 32.8 Å². The molecule has 1 aromatic rings. The van der Waals surface area contributed by atoms with Gasteiger partial charge in [0.05, 0.1) is 6.10 Å². The van der Waals surface area contributed by atoms with Crippen LogP contribution in [-0.4, -0.2) is 25.8 Å². The van der Waals surface area contributed by atoms with Gasteiger partial charge in [0.15, 0.2) is 0 Å². The Hall–Kier alpha value is -0.930. The first-order chi connectivity index (χ1) is 9.08. The molecule has 0 saturated heterocycles. The lowest BCUT2D eigenvalue weighted by molar-refractivity contribution is 0.0332. The Morgan fingerprint density at radius 1 is 1.21 bits per heavy atom. The highest BCUT2D eigenvalue weighted by atomic mass is 19.1. The van der Waals surface area contributed by atoms with Crippen LogP contribution in [0.2, 0.25) is 0 Å². The molecule has 1 N–H and O–H groups in total. The van der Waals surface area contributed by atoms with E-state index in [1.165, 1.54) is 12.1 Å². The molecule has 0 spiro atoms. The van der Waals surface area contributed by atoms with Gasteiger partial charge in [0, 0.05) is 13.2 Å². The fraction of sp³-hybridized carbons (Fsp3) is 0.625. The van der Waals surface area contributed by atoms with Crippen molar-refractivity contribution >= 4 is 0 Å². The number of benzene rings is 1. The lowest BCUT2D eigenvalue weighted by Crippen LogP contribution is -2.45. The van der Waals surface area contributed by atoms with Crippen molar-refractivity contribution in [2.24, 2.45) is 5.92 Å². The second-order valence-corrected chi connectivity index (χ2v) is 5.34. The second kappa shape index (κ2) is 8.28. The van der Waals surface area contributed by atoms with Gasteiger partial charge in [-0.1, -0.05) is 32.9 Å². The van der Waals surface area contributed by atoms with E-state index < -0.39 is 0 Å². The highest BCUT2D eigenvalue weighted by Gasteiger charge is 2.23. The number of halogens is 1. The molecule has 0 aliphatic heterocycles. The van der Waals surface area contributed by atoms with Gasteiger partial charge < -0.3 is 10.1 Å². The average molecular weight is 267 g/mol. The van der Waals surface area contributed by atoms with E-state index in [1.54, 1.807) is 7.11 Å². The number of hydrogen-bond donors (Lipinski definition) is 1. The third-order valence-corrected chi connectivity index (χ3v) is 3.35. The standard InChI is InChI=1S/C16H26FNO/c1-5-10-18-15(16(19-4)12(2)3)11-13-6-8-14(17)9-7-13/h6-9,12,15-16,18H,5,10-11H2,1-4H3. The van der Waals surface area contributed by atoms with Crippen LogP contribution in [0.25, 0.3) is 0 Å². The minimum atomic E-state index is -0.186. The van der Waals surface area contributed by atoms with Gasteiger partial charge in [-0.05, 0) is 43.0 Å². The van der Waals surface area contributed by atoms with Crippen LogP contribution in [0.15, 0.2) is 24.3 Å². The molecule has 2 unspecified atom stereocenters. The van der Waals surface area contributed by atoms with Gasteiger partial charge >= 0.3 is 0 Å². The molecule has 0 aliphatic rings. The van der Waals surface area contributed by atoms with Crippen LogP contribution in [0.5, 0.6) is 0 Å². The molecule has 0 radical (unpaired) electrons. The molecule has 3 heteroatoms. The van der Waals surface area contributed by atoms with Gasteiger partial charge in [-0.2, -0.15) is 0 Å². The quantitative estimate of drug-likeness (QED) is 0.779. The molecular weight excluding hydrogens is 241 g/mol. The first-order valence-electron chi connectivity index (χ1n) is 7.09. The van der Waals surface area contributed by atoms with E-state index in [2.05, 4.69) is 26.1 Å². The third kappa shape index (κ3) is 5.29. The van der Waals surface area contributed by atoms with Gasteiger partial charge in [0.25, 0.3) is 0 Å². The van der Waals surface area contributed by atoms with Gasteiger partial charge in [0.1, 0.15) is 5.82 Å². The van der Waals surface area contributed by atoms with Crippen LogP contribution in [0.4, 0.5) is 4.39 Å². The Labute approximate surface area is 116 Å². The molecule has 2 atom stereocenters. The zero-order valence-electron chi connectivity index (χ0n) is 12.4. The Balaban J connectivity index is 2.75. The summed E-state index contributed by atoms with van der Waals surface area (Å²) in [6.07, 6.45) is 2.11. The Morgan fingerprint density at radius 3 is 2.32 bits per heavy atom. The van der Waals surface area contributed by atoms with Crippen molar-refractivity contribution in [2.75, 3.05) is 13.7 Å². The van der Waals surface area contributed by atoms with Crippen molar-refractivity contribution in [2.45, 2.75) is 45.8 Å². The Kier molecular flexibility index (Phi) is 7.03. The number of nitrogens with one attached hydrogen (secondary N) is 1. The van der Waals surface area contributed by atoms with E-state index in [0.29, 0.717) is 5.92 Å². The molecule has 1 rings (SSSR count). The van der Waals surface area contributed by atoms with Crippen molar-refractivity contribution in [3.8, 4) is 0 Å². The van der Waals surface area contributed by atoms with Crippen LogP contribution in [0.3, 0.4) is 0 Å². The fourth-order valence-electron chi connectivity index (χ4n) is 2.41. The molecule has 0 saturated carbocycles. The maximum atomic E-state index is 12.9. The largest absolute Gasteiger partial charge is 0.380 e. The highest BCUT2D eigenvalue weighted by molar-refractivity contribution is 5.17. The molecule has 0 fully saturated rings. The molecular formula is C16H26FNO. The molecule has 108 valence electrons. The van der Waals surface area contributed by atoms with E-state index >= 15 is 0 Å². The van der Waals surface area contributed by atoms with Crippen molar-refractivity contribution in [3.63, 3.8) is 0 Å². The summed E-state index contributed by atoms with van der Waals surface area (Å²) < 4.78 is 18.6. The van der Waals surface area contributed by atoms with Gasteiger partial charge in [0.2, 0.25) is 0 Å². The monoisotopic (exact) mass is 267 g/mol. The van der Waals surface area contributed by atoms with Crippen molar-refractivity contribution in [3.05, 3.63) is 35.6 Å². The number of rotatable bonds is 8. The predicted octanol–water partition coefficient (Wildman–Crippen LogP) is 3.41. The van der Waals surface area contributed by atoms with E-state index in [-0.39, 0.29) is 18.0 Å². The van der Waals surface area contributed by atoms with Crippen LogP contribution >= 0.6 is 0 Å². The molecule has 19 heavy (non-hydrogen) atoms. The van der Waals surface area contributed by atoms with Gasteiger partial charge in [-0.15, -0.1) is 0 Å². The molecule has 0 amide bonds. The summed E-state index contributed by atoms with van der Waals surface area (Å²) in [6.45, 7) is 7.45. The van der Waals surface area contributed by atoms with E-state index in [9.17, 15) is 4.39 Å². The summed E-state index contributed by atoms with van der Waals surface area (Å²) in [6, 6.07) is 6.99. The van der Waals surface area contributed by atoms with Crippen LogP contribution in [-0.2, 0) is 11.2 Å². The summed E-state index contributed by atoms with van der Waals surface area (Å²) >= 11 is 0. The van der Waals surface area contributed by atoms with Crippen molar-refractivity contribution < 1.29 is 9.13 Å². The molecule has 0 aromatic heterocycles. The Morgan fingerprint density at radius 2 is 1.84 bits per heavy atom. The van der Waals surface area contributed by atoms with Crippen LogP contribution in [0, 0.1) is 11.7 Å². The van der Waals surface area contributed by atoms with Crippen molar-refractivity contribution in [1.82, 2.24) is 5.32 Å². The highest BCUT2D eigenvalue weighted by Crippen LogP contribution is 2.15. The lowest BCUT2D eigenvalue weighted by atomic mass is 9.93. The van der Waals surface area contributed by atoms with Gasteiger partial charge in [-0.25, -0.2) is 4.39 Å². The van der Waals surface area contributed by atoms with Crippen molar-refractivity contribution in [1.29, 1.82) is 0 Å². The minimum Gasteiger partial charge on any atom is -0.380 e. The first-order valence-corrected chi connectivity index (χ1v) is 7.09. The maximum Gasteiger partial charge on any atom is 0.123 e. The van der Waals surface area contributed by atoms with E-state index in [4.69, 9.17) is 4.74 Å². The van der Waals surface area contributed by atoms with E-state index in [0.717, 1.165) is 24.9 Å². The van der Waals surface area contributed by atoms with Gasteiger partial charge in [-0.3, -0.25) is 0 Å². The second-order valence-electron chi connectivity index (χ2n) is 5.34. The van der Waals surface area contributed by atoms with E-state index in [1.807, 2.05) is 12.1 Å². The Bertz CT molecular complexity index is 350. The maximum absolute atomic E-state index is 12.9. The molecule has 1 aromatic carbocycles. The fourth-order valence-corrected chi connectivity index (χ4v) is 2.41. The molecule has 2 nitrogen and oxygen atoms in total. The topological polar surface area (TPSA) is 21.3 Å². The average Bonchev–Trinajstić information content (AvgIpc) is 2.38. The summed E-state index contributed by atoms with van der Waals surface area (Å²) in [7, 11) is 1.76. The SMILES string of the molecule is CCCNC(Cc1ccc(F)cc1)C(OC)C(C)C. The first kappa shape index (κ1) is 16.1. The summed E-state index contributed by atoms with van der Waals surface area (Å²) in [5.74, 6) is 0.258. The third-order valence-electron chi connectivity index (χ3n) is 3.35. The predicted molar refractivity (Wildman–Crippen MR) is 77.8 cm³/mol. The normalized spacial score (nSPS) is 14.6. The number of ether oxygens (including phenoxy) is 1. The smallest absolute Gasteiger partial charge is 0.123 e. The molecule has 0 aliphatic carbocycles. The lowest BCUT2D eigenvalue weighted by Gasteiger charge is -2.30. The van der Waals surface area contributed by atoms with Crippen LogP contribution < -0.4 is 5.32 Å². The summed E-state index contributed by atoms with van der Waals surface area (Å²) in [5, 5.41) is 3.55. The molecule has 0 heterocycles.